The van der Waals surface area contributed by atoms with Crippen molar-refractivity contribution >= 4 is 55.9 Å². The van der Waals surface area contributed by atoms with E-state index < -0.39 is 5.91 Å². The van der Waals surface area contributed by atoms with Crippen LogP contribution in [0.5, 0.6) is 0 Å². The maximum Gasteiger partial charge on any atom is 0.294 e. The smallest absolute Gasteiger partial charge is 0.294 e. The van der Waals surface area contributed by atoms with Crippen molar-refractivity contribution in [3.8, 4) is 0 Å². The van der Waals surface area contributed by atoms with Crippen LogP contribution in [0.4, 0.5) is 11.5 Å². The highest BCUT2D eigenvalue weighted by atomic mass is 79.9. The van der Waals surface area contributed by atoms with Crippen molar-refractivity contribution in [3.63, 3.8) is 0 Å². The minimum Gasteiger partial charge on any atom is -0.448 e. The summed E-state index contributed by atoms with van der Waals surface area (Å²) in [5.41, 5.74) is 6.65. The molecular weight excluding hydrogens is 360 g/mol. The molecule has 0 bridgehead atoms. The van der Waals surface area contributed by atoms with Crippen molar-refractivity contribution < 1.29 is 9.21 Å². The van der Waals surface area contributed by atoms with Crippen LogP contribution < -0.4 is 11.1 Å². The first-order chi connectivity index (χ1) is 10.1. The van der Waals surface area contributed by atoms with Crippen LogP contribution >= 0.6 is 27.5 Å². The summed E-state index contributed by atoms with van der Waals surface area (Å²) in [6, 6.07) is 4.83. The molecule has 1 amide bonds. The first kappa shape index (κ1) is 13.8. The number of nitrogens with one attached hydrogen (secondary N) is 1. The minimum atomic E-state index is -0.495. The lowest BCUT2D eigenvalue weighted by Gasteiger charge is -2.02. The van der Waals surface area contributed by atoms with Crippen LogP contribution in [0, 0.1) is 0 Å². The largest absolute Gasteiger partial charge is 0.448 e. The highest BCUT2D eigenvalue weighted by Crippen LogP contribution is 2.33. The van der Waals surface area contributed by atoms with Crippen molar-refractivity contribution in [1.29, 1.82) is 0 Å². The normalized spacial score (nSPS) is 10.8. The van der Waals surface area contributed by atoms with Crippen LogP contribution in [0.3, 0.4) is 0 Å². The maximum atomic E-state index is 12.2. The van der Waals surface area contributed by atoms with Gasteiger partial charge >= 0.3 is 0 Å². The number of anilines is 2. The fourth-order valence-electron chi connectivity index (χ4n) is 1.82. The van der Waals surface area contributed by atoms with Crippen LogP contribution in [0.15, 0.2) is 39.6 Å². The van der Waals surface area contributed by atoms with E-state index in [2.05, 4.69) is 31.2 Å². The lowest BCUT2D eigenvalue weighted by Crippen LogP contribution is -2.13. The summed E-state index contributed by atoms with van der Waals surface area (Å²) in [5, 5.41) is 3.63. The number of nitrogens with two attached hydrogens (primary N) is 1. The lowest BCUT2D eigenvalue weighted by molar-refractivity contribution is 0.0999. The molecule has 3 rings (SSSR count). The molecule has 106 valence electrons. The summed E-state index contributed by atoms with van der Waals surface area (Å²) in [6.45, 7) is 0. The molecule has 3 N–H and O–H groups in total. The molecule has 0 fully saturated rings. The highest BCUT2D eigenvalue weighted by Gasteiger charge is 2.20. The maximum absolute atomic E-state index is 12.2. The van der Waals surface area contributed by atoms with Gasteiger partial charge < -0.3 is 15.5 Å². The Kier molecular flexibility index (Phi) is 3.52. The van der Waals surface area contributed by atoms with Crippen LogP contribution in [-0.2, 0) is 0 Å². The molecule has 0 unspecified atom stereocenters. The number of furan rings is 1. The fraction of sp³-hybridized carbons (Fsp3) is 0. The zero-order valence-electron chi connectivity index (χ0n) is 10.4. The van der Waals surface area contributed by atoms with E-state index in [4.69, 9.17) is 21.8 Å². The summed E-state index contributed by atoms with van der Waals surface area (Å²) in [5.74, 6) is -0.137. The number of amides is 1. The second-order valence-corrected chi connectivity index (χ2v) is 5.32. The van der Waals surface area contributed by atoms with Gasteiger partial charge in [0.25, 0.3) is 5.91 Å². The van der Waals surface area contributed by atoms with E-state index in [0.29, 0.717) is 26.4 Å². The van der Waals surface area contributed by atoms with Gasteiger partial charge in [0.1, 0.15) is 16.0 Å². The second kappa shape index (κ2) is 5.34. The predicted molar refractivity (Wildman–Crippen MR) is 83.3 cm³/mol. The van der Waals surface area contributed by atoms with Crippen molar-refractivity contribution in [2.24, 2.45) is 0 Å². The highest BCUT2D eigenvalue weighted by molar-refractivity contribution is 9.10. The number of carbonyl (C=O) groups excluding carboxylic acids is 1. The minimum absolute atomic E-state index is 0.00968. The number of pyridine rings is 2. The van der Waals surface area contributed by atoms with Gasteiger partial charge in [-0.1, -0.05) is 11.6 Å². The van der Waals surface area contributed by atoms with Gasteiger partial charge in [-0.25, -0.2) is 9.97 Å². The number of aromatic nitrogens is 2. The molecule has 0 spiro atoms. The standard InChI is InChI=1S/C13H8BrClN4O2/c14-12-9-7(3-4-17-12)21-11(10(9)16)13(20)19-8-2-1-6(15)5-18-8/h1-5H,16H2,(H,18,19,20). The first-order valence-electron chi connectivity index (χ1n) is 5.81. The molecule has 0 saturated heterocycles. The summed E-state index contributed by atoms with van der Waals surface area (Å²) < 4.78 is 5.99. The van der Waals surface area contributed by atoms with E-state index in [1.165, 1.54) is 6.20 Å². The van der Waals surface area contributed by atoms with Crippen molar-refractivity contribution in [1.82, 2.24) is 9.97 Å². The average Bonchev–Trinajstić information content (AvgIpc) is 2.80. The van der Waals surface area contributed by atoms with Crippen molar-refractivity contribution in [3.05, 3.63) is 46.0 Å². The third-order valence-electron chi connectivity index (χ3n) is 2.77. The van der Waals surface area contributed by atoms with E-state index in [1.807, 2.05) is 0 Å². The summed E-state index contributed by atoms with van der Waals surface area (Å²) in [4.78, 5) is 20.2. The molecule has 0 radical (unpaired) electrons. The molecule has 0 aliphatic heterocycles. The molecule has 0 aliphatic carbocycles. The molecule has 0 saturated carbocycles. The van der Waals surface area contributed by atoms with Gasteiger partial charge in [0.05, 0.1) is 16.1 Å². The molecule has 8 heteroatoms. The van der Waals surface area contributed by atoms with Crippen molar-refractivity contribution in [2.75, 3.05) is 11.1 Å². The molecule has 6 nitrogen and oxygen atoms in total. The second-order valence-electron chi connectivity index (χ2n) is 4.14. The third-order valence-corrected chi connectivity index (χ3v) is 3.59. The number of hydrogen-bond acceptors (Lipinski definition) is 5. The molecule has 21 heavy (non-hydrogen) atoms. The number of carbonyl (C=O) groups is 1. The topological polar surface area (TPSA) is 94.0 Å². The van der Waals surface area contributed by atoms with Gasteiger partial charge in [0.2, 0.25) is 5.76 Å². The van der Waals surface area contributed by atoms with Crippen LogP contribution in [0.2, 0.25) is 5.02 Å². The number of fused-ring (bicyclic) bond motifs is 1. The molecule has 3 aromatic rings. The number of halogens is 2. The Hall–Kier alpha value is -2.12. The Bertz CT molecular complexity index is 832. The van der Waals surface area contributed by atoms with Crippen LogP contribution in [0.1, 0.15) is 10.6 Å². The van der Waals surface area contributed by atoms with Crippen molar-refractivity contribution in [2.45, 2.75) is 0 Å². The summed E-state index contributed by atoms with van der Waals surface area (Å²) in [6.07, 6.45) is 2.98. The van der Waals surface area contributed by atoms with Crippen LogP contribution in [0.25, 0.3) is 11.0 Å². The number of nitrogen functional groups attached to an aromatic ring is 1. The Morgan fingerprint density at radius 2 is 2.14 bits per heavy atom. The molecule has 3 heterocycles. The van der Waals surface area contributed by atoms with Gasteiger partial charge in [-0.05, 0) is 34.1 Å². The Morgan fingerprint density at radius 3 is 2.81 bits per heavy atom. The van der Waals surface area contributed by atoms with Gasteiger partial charge in [-0.2, -0.15) is 0 Å². The van der Waals surface area contributed by atoms with Gasteiger partial charge in [-0.15, -0.1) is 0 Å². The van der Waals surface area contributed by atoms with E-state index in [1.54, 1.807) is 24.4 Å². The Balaban J connectivity index is 1.96. The van der Waals surface area contributed by atoms with E-state index in [9.17, 15) is 4.79 Å². The van der Waals surface area contributed by atoms with Gasteiger partial charge in [-0.3, -0.25) is 4.79 Å². The van der Waals surface area contributed by atoms with E-state index in [0.717, 1.165) is 0 Å². The summed E-state index contributed by atoms with van der Waals surface area (Å²) in [7, 11) is 0. The van der Waals surface area contributed by atoms with E-state index in [-0.39, 0.29) is 11.4 Å². The zero-order valence-corrected chi connectivity index (χ0v) is 12.8. The first-order valence-corrected chi connectivity index (χ1v) is 6.98. The van der Waals surface area contributed by atoms with Gasteiger partial charge in [0.15, 0.2) is 0 Å². The molecular formula is C13H8BrClN4O2. The monoisotopic (exact) mass is 366 g/mol. The lowest BCUT2D eigenvalue weighted by atomic mass is 10.2. The number of hydrogen-bond donors (Lipinski definition) is 2. The Labute approximate surface area is 132 Å². The summed E-state index contributed by atoms with van der Waals surface area (Å²) >= 11 is 9.01. The SMILES string of the molecule is Nc1c(C(=O)Nc2ccc(Cl)cn2)oc2ccnc(Br)c12. The molecule has 0 aliphatic rings. The predicted octanol–water partition coefficient (Wildman–Crippen LogP) is 3.47. The fourth-order valence-corrected chi connectivity index (χ4v) is 2.46. The quantitative estimate of drug-likeness (QED) is 0.676. The number of rotatable bonds is 2. The average molecular weight is 368 g/mol. The van der Waals surface area contributed by atoms with Crippen LogP contribution in [-0.4, -0.2) is 15.9 Å². The number of nitrogens with zero attached hydrogens (tertiary/aromatic N) is 2. The zero-order chi connectivity index (χ0) is 15.0. The van der Waals surface area contributed by atoms with E-state index >= 15 is 0 Å². The molecule has 3 aromatic heterocycles. The molecule has 0 atom stereocenters. The van der Waals surface area contributed by atoms with Gasteiger partial charge in [0, 0.05) is 12.4 Å². The Morgan fingerprint density at radius 1 is 1.33 bits per heavy atom. The third kappa shape index (κ3) is 2.57. The molecule has 0 aromatic carbocycles.